The zero-order valence-electron chi connectivity index (χ0n) is 25.3. The number of aliphatic carboxylic acids is 1. The third-order valence-corrected chi connectivity index (χ3v) is 8.30. The lowest BCUT2D eigenvalue weighted by atomic mass is 9.82. The van der Waals surface area contributed by atoms with Crippen molar-refractivity contribution in [3.8, 4) is 17.2 Å². The Hall–Kier alpha value is -4.15. The number of benzene rings is 3. The molecule has 5 rings (SSSR count). The number of carbonyl (C=O) groups is 2. The lowest BCUT2D eigenvalue weighted by Gasteiger charge is -2.28. The van der Waals surface area contributed by atoms with E-state index in [0.717, 1.165) is 5.56 Å². The van der Waals surface area contributed by atoms with Crippen molar-refractivity contribution >= 4 is 17.6 Å². The van der Waals surface area contributed by atoms with Crippen LogP contribution in [0.4, 0.5) is 10.1 Å². The predicted octanol–water partition coefficient (Wildman–Crippen LogP) is 5.23. The van der Waals surface area contributed by atoms with Gasteiger partial charge in [0.15, 0.2) is 11.5 Å². The number of nitrogens with one attached hydrogen (secondary N) is 1. The number of carboxylic acids is 1. The Bertz CT molecular complexity index is 1470. The van der Waals surface area contributed by atoms with Crippen LogP contribution >= 0.6 is 0 Å². The lowest BCUT2D eigenvalue weighted by molar-refractivity contribution is -0.143. The molecule has 2 aliphatic rings. The van der Waals surface area contributed by atoms with E-state index in [1.807, 2.05) is 55.1 Å². The molecule has 0 unspecified atom stereocenters. The Kier molecular flexibility index (Phi) is 10.0. The molecule has 0 aromatic heterocycles. The molecule has 0 saturated carbocycles. The zero-order chi connectivity index (χ0) is 31.2. The molecule has 10 heteroatoms. The number of hydrogen-bond acceptors (Lipinski definition) is 7. The summed E-state index contributed by atoms with van der Waals surface area (Å²) in [5.41, 5.74) is 3.49. The fourth-order valence-electron chi connectivity index (χ4n) is 6.29. The molecule has 44 heavy (non-hydrogen) atoms. The van der Waals surface area contributed by atoms with Crippen LogP contribution in [0.15, 0.2) is 54.6 Å². The number of anilines is 1. The second-order valence-electron chi connectivity index (χ2n) is 11.0. The van der Waals surface area contributed by atoms with E-state index in [0.29, 0.717) is 78.8 Å². The highest BCUT2D eigenvalue weighted by molar-refractivity contribution is 5.94. The summed E-state index contributed by atoms with van der Waals surface area (Å²) in [4.78, 5) is 28.7. The second-order valence-corrected chi connectivity index (χ2v) is 11.0. The van der Waals surface area contributed by atoms with Crippen LogP contribution in [0, 0.1) is 11.7 Å². The largest absolute Gasteiger partial charge is 0.491 e. The van der Waals surface area contributed by atoms with Gasteiger partial charge in [-0.2, -0.15) is 0 Å². The minimum atomic E-state index is -0.982. The van der Waals surface area contributed by atoms with Crippen molar-refractivity contribution in [1.29, 1.82) is 0 Å². The maximum atomic E-state index is 14.3. The summed E-state index contributed by atoms with van der Waals surface area (Å²) in [6.45, 7) is 5.56. The number of fused-ring (bicyclic) bond motifs is 1. The Labute approximate surface area is 256 Å². The Morgan fingerprint density at radius 3 is 2.39 bits per heavy atom. The van der Waals surface area contributed by atoms with Crippen molar-refractivity contribution in [2.24, 2.45) is 5.92 Å². The molecule has 0 bridgehead atoms. The summed E-state index contributed by atoms with van der Waals surface area (Å²) in [5.74, 6) is -1.27. The van der Waals surface area contributed by atoms with Gasteiger partial charge in [-0.05, 0) is 59.9 Å². The molecule has 1 fully saturated rings. The summed E-state index contributed by atoms with van der Waals surface area (Å²) in [5, 5.41) is 13.7. The zero-order valence-corrected chi connectivity index (χ0v) is 25.3. The molecule has 0 radical (unpaired) electrons. The summed E-state index contributed by atoms with van der Waals surface area (Å²) >= 11 is 0. The van der Waals surface area contributed by atoms with Crippen LogP contribution in [0.5, 0.6) is 17.2 Å². The van der Waals surface area contributed by atoms with E-state index in [-0.39, 0.29) is 24.9 Å². The van der Waals surface area contributed by atoms with Crippen LogP contribution < -0.4 is 19.5 Å². The summed E-state index contributed by atoms with van der Waals surface area (Å²) in [6.07, 6.45) is 1.10. The van der Waals surface area contributed by atoms with Gasteiger partial charge in [-0.15, -0.1) is 0 Å². The molecule has 3 aromatic rings. The van der Waals surface area contributed by atoms with E-state index < -0.39 is 23.8 Å². The van der Waals surface area contributed by atoms with Gasteiger partial charge in [0.2, 0.25) is 5.91 Å². The van der Waals surface area contributed by atoms with Crippen molar-refractivity contribution in [2.45, 2.75) is 38.6 Å². The molecule has 3 aromatic carbocycles. The highest BCUT2D eigenvalue weighted by Crippen LogP contribution is 2.49. The average Bonchev–Trinajstić information content (AvgIpc) is 3.40. The minimum Gasteiger partial charge on any atom is -0.491 e. The predicted molar refractivity (Wildman–Crippen MR) is 163 cm³/mol. The third-order valence-electron chi connectivity index (χ3n) is 8.30. The number of carboxylic acid groups (broad SMARTS) is 1. The van der Waals surface area contributed by atoms with E-state index in [9.17, 15) is 19.1 Å². The normalized spacial score (nSPS) is 19.5. The molecule has 3 atom stereocenters. The van der Waals surface area contributed by atoms with Crippen molar-refractivity contribution in [1.82, 2.24) is 4.90 Å². The van der Waals surface area contributed by atoms with Crippen LogP contribution in [0.25, 0.3) is 0 Å². The first-order chi connectivity index (χ1) is 21.3. The number of methoxy groups -OCH3 is 1. The highest BCUT2D eigenvalue weighted by Gasteiger charge is 2.49. The van der Waals surface area contributed by atoms with Gasteiger partial charge in [0, 0.05) is 30.8 Å². The Morgan fingerprint density at radius 1 is 1.00 bits per heavy atom. The van der Waals surface area contributed by atoms with E-state index >= 15 is 0 Å². The first kappa shape index (κ1) is 31.3. The number of ether oxygens (including phenoxy) is 4. The molecule has 2 aliphatic heterocycles. The summed E-state index contributed by atoms with van der Waals surface area (Å²) < 4.78 is 36.9. The van der Waals surface area contributed by atoms with E-state index in [4.69, 9.17) is 18.9 Å². The van der Waals surface area contributed by atoms with Gasteiger partial charge in [-0.1, -0.05) is 38.1 Å². The van der Waals surface area contributed by atoms with Crippen LogP contribution in [0.3, 0.4) is 0 Å². The Balaban J connectivity index is 1.52. The molecular formula is C34H39FN2O7. The number of amides is 1. The van der Waals surface area contributed by atoms with Crippen molar-refractivity contribution < 1.29 is 38.0 Å². The maximum absolute atomic E-state index is 14.3. The molecule has 1 amide bonds. The molecular weight excluding hydrogens is 567 g/mol. The molecule has 234 valence electrons. The molecule has 1 saturated heterocycles. The smallest absolute Gasteiger partial charge is 0.309 e. The van der Waals surface area contributed by atoms with Gasteiger partial charge < -0.3 is 29.4 Å². The maximum Gasteiger partial charge on any atom is 0.309 e. The minimum absolute atomic E-state index is 0.0778. The lowest BCUT2D eigenvalue weighted by Crippen LogP contribution is -2.35. The van der Waals surface area contributed by atoms with Gasteiger partial charge in [-0.3, -0.25) is 14.5 Å². The van der Waals surface area contributed by atoms with E-state index in [2.05, 4.69) is 5.32 Å². The quantitative estimate of drug-likeness (QED) is 0.270. The van der Waals surface area contributed by atoms with Gasteiger partial charge in [0.25, 0.3) is 0 Å². The average molecular weight is 607 g/mol. The number of nitrogens with zero attached hydrogens (tertiary/aromatic N) is 1. The van der Waals surface area contributed by atoms with Crippen LogP contribution in [-0.4, -0.2) is 68.5 Å². The van der Waals surface area contributed by atoms with Crippen LogP contribution in [-0.2, 0) is 27.2 Å². The summed E-state index contributed by atoms with van der Waals surface area (Å²) in [7, 11) is 1.58. The number of rotatable bonds is 12. The number of aryl methyl sites for hydroxylation is 2. The second kappa shape index (κ2) is 14.1. The van der Waals surface area contributed by atoms with Crippen molar-refractivity contribution in [3.63, 3.8) is 0 Å². The molecule has 0 aliphatic carbocycles. The number of halogens is 1. The molecule has 9 nitrogen and oxygen atoms in total. The third kappa shape index (κ3) is 6.66. The number of carbonyl (C=O) groups excluding carboxylic acids is 1. The van der Waals surface area contributed by atoms with Gasteiger partial charge in [-0.25, -0.2) is 4.39 Å². The van der Waals surface area contributed by atoms with Crippen molar-refractivity contribution in [3.05, 3.63) is 82.7 Å². The highest BCUT2D eigenvalue weighted by atomic mass is 19.1. The molecule has 0 spiro atoms. The first-order valence-electron chi connectivity index (χ1n) is 15.0. The van der Waals surface area contributed by atoms with Gasteiger partial charge >= 0.3 is 5.97 Å². The monoisotopic (exact) mass is 606 g/mol. The van der Waals surface area contributed by atoms with Gasteiger partial charge in [0.1, 0.15) is 31.4 Å². The summed E-state index contributed by atoms with van der Waals surface area (Å²) in [6, 6.07) is 15.1. The van der Waals surface area contributed by atoms with E-state index in [1.54, 1.807) is 13.2 Å². The van der Waals surface area contributed by atoms with Crippen molar-refractivity contribution in [2.75, 3.05) is 51.9 Å². The number of likely N-dealkylation sites (tertiary alicyclic amines) is 1. The standard InChI is InChI=1S/C34H39FN2O7/c1-4-21-16-24(35)17-22(5-2)32(21)36-30(38)20-37-19-26(23-10-11-28-29(18-23)44-15-14-43-28)31(34(39)40)33(37)25-8-6-7-9-27(25)42-13-12-41-3/h6-11,16-18,26,31,33H,4-5,12-15,19-20H2,1-3H3,(H,36,38)(H,39,40)/t26-,31-,33+/m1/s1. The topological polar surface area (TPSA) is 107 Å². The van der Waals surface area contributed by atoms with Gasteiger partial charge in [0.05, 0.1) is 25.1 Å². The molecule has 2 heterocycles. The SMILES string of the molecule is CCc1cc(F)cc(CC)c1NC(=O)CN1C[C@H](c2ccc3c(c2)OCCO3)[C@@H](C(=O)O)[C@@H]1c1ccccc1OCCOC. The van der Waals surface area contributed by atoms with Crippen LogP contribution in [0.2, 0.25) is 0 Å². The fraction of sp³-hybridized carbons (Fsp3) is 0.412. The Morgan fingerprint density at radius 2 is 1.70 bits per heavy atom. The van der Waals surface area contributed by atoms with Crippen LogP contribution in [0.1, 0.15) is 48.1 Å². The number of hydrogen-bond donors (Lipinski definition) is 2. The molecule has 2 N–H and O–H groups in total. The first-order valence-corrected chi connectivity index (χ1v) is 15.0. The fourth-order valence-corrected chi connectivity index (χ4v) is 6.29. The van der Waals surface area contributed by atoms with E-state index in [1.165, 1.54) is 12.1 Å². The number of para-hydroxylation sites is 1.